The van der Waals surface area contributed by atoms with Gasteiger partial charge in [0.25, 0.3) is 5.84 Å². The minimum Gasteiger partial charge on any atom is -0.477 e. The Morgan fingerprint density at radius 3 is 3.00 bits per heavy atom. The summed E-state index contributed by atoms with van der Waals surface area (Å²) in [5.41, 5.74) is 7.12. The highest BCUT2D eigenvalue weighted by atomic mass is 32.2. The lowest BCUT2D eigenvalue weighted by Crippen LogP contribution is -2.46. The summed E-state index contributed by atoms with van der Waals surface area (Å²) in [4.78, 5) is 10.5. The van der Waals surface area contributed by atoms with Gasteiger partial charge < -0.3 is 10.8 Å². The number of nitrogens with two attached hydrogens (primary N) is 1. The fourth-order valence-corrected chi connectivity index (χ4v) is 3.31. The molecule has 0 aromatic heterocycles. The summed E-state index contributed by atoms with van der Waals surface area (Å²) in [5.74, 6) is -0.339. The maximum absolute atomic E-state index is 11.8. The second kappa shape index (κ2) is 3.49. The molecule has 0 saturated carbocycles. The third-order valence-corrected chi connectivity index (χ3v) is 4.12. The topological polar surface area (TPSA) is 90.7 Å². The summed E-state index contributed by atoms with van der Waals surface area (Å²) in [6, 6.07) is 7.28. The Kier molecular flexibility index (Phi) is 2.15. The van der Waals surface area contributed by atoms with Crippen LogP contribution in [0.25, 0.3) is 0 Å². The van der Waals surface area contributed by atoms with E-state index in [0.29, 0.717) is 11.4 Å². The van der Waals surface area contributed by atoms with Gasteiger partial charge >= 0.3 is 10.8 Å². The van der Waals surface area contributed by atoms with Gasteiger partial charge in [0.05, 0.1) is 5.56 Å². The molecule has 18 heavy (non-hydrogen) atoms. The predicted molar refractivity (Wildman–Crippen MR) is 69.5 cm³/mol. The number of hydrogen-bond acceptors (Lipinski definition) is 5. The minimum atomic E-state index is -1.30. The van der Waals surface area contributed by atoms with E-state index < -0.39 is 10.8 Å². The first kappa shape index (κ1) is 11.1. The average molecular weight is 263 g/mol. The number of nitrogens with zero attached hydrogens (tertiary/aromatic N) is 2. The molecular formula is C11H11N4O2S+. The van der Waals surface area contributed by atoms with Gasteiger partial charge in [-0.3, -0.25) is 0 Å². The van der Waals surface area contributed by atoms with Crippen LogP contribution in [0.15, 0.2) is 29.4 Å². The molecule has 0 unspecified atom stereocenters. The molecule has 0 amide bonds. The molecule has 7 heteroatoms. The molecule has 6 nitrogen and oxygen atoms in total. The molecule has 2 aliphatic rings. The fourth-order valence-electron chi connectivity index (χ4n) is 2.25. The molecule has 0 saturated heterocycles. The monoisotopic (exact) mass is 263 g/mol. The quantitative estimate of drug-likeness (QED) is 0.651. The molecule has 0 bridgehead atoms. The molecule has 0 spiro atoms. The Hall–Kier alpha value is -2.02. The van der Waals surface area contributed by atoms with Gasteiger partial charge in [-0.05, 0) is 23.9 Å². The van der Waals surface area contributed by atoms with Crippen LogP contribution >= 0.6 is 11.8 Å². The van der Waals surface area contributed by atoms with Crippen molar-refractivity contribution in [3.63, 3.8) is 0 Å². The van der Waals surface area contributed by atoms with E-state index in [1.807, 2.05) is 12.1 Å². The van der Waals surface area contributed by atoms with E-state index >= 15 is 0 Å². The second-order valence-corrected chi connectivity index (χ2v) is 5.27. The van der Waals surface area contributed by atoms with E-state index in [1.165, 1.54) is 4.68 Å². The molecule has 2 aliphatic heterocycles. The highest BCUT2D eigenvalue weighted by molar-refractivity contribution is 8.15. The lowest BCUT2D eigenvalue weighted by atomic mass is 10.0. The minimum absolute atomic E-state index is 0.246. The van der Waals surface area contributed by atoms with Crippen molar-refractivity contribution in [2.75, 3.05) is 5.32 Å². The third kappa shape index (κ3) is 1.22. The summed E-state index contributed by atoms with van der Waals surface area (Å²) in [6.45, 7) is 1.77. The van der Waals surface area contributed by atoms with E-state index in [9.17, 15) is 9.90 Å². The lowest BCUT2D eigenvalue weighted by molar-refractivity contribution is -0.578. The number of anilines is 1. The van der Waals surface area contributed by atoms with Crippen molar-refractivity contribution in [1.82, 2.24) is 0 Å². The van der Waals surface area contributed by atoms with E-state index in [4.69, 9.17) is 5.73 Å². The molecule has 1 aromatic carbocycles. The number of carbonyl (C=O) groups is 1. The van der Waals surface area contributed by atoms with E-state index in [0.717, 1.165) is 17.4 Å². The van der Waals surface area contributed by atoms with Crippen LogP contribution in [0.3, 0.4) is 0 Å². The average Bonchev–Trinajstić information content (AvgIpc) is 2.69. The van der Waals surface area contributed by atoms with Crippen molar-refractivity contribution >= 4 is 34.4 Å². The van der Waals surface area contributed by atoms with Gasteiger partial charge in [0, 0.05) is 6.92 Å². The van der Waals surface area contributed by atoms with Crippen molar-refractivity contribution in [3.05, 3.63) is 29.8 Å². The van der Waals surface area contributed by atoms with Gasteiger partial charge in [0.1, 0.15) is 5.69 Å². The van der Waals surface area contributed by atoms with Crippen molar-refractivity contribution in [1.29, 1.82) is 0 Å². The highest BCUT2D eigenvalue weighted by Gasteiger charge is 2.59. The molecule has 3 rings (SSSR count). The molecule has 1 aromatic rings. The first-order valence-electron chi connectivity index (χ1n) is 5.32. The van der Waals surface area contributed by atoms with Crippen LogP contribution in [0.2, 0.25) is 0 Å². The summed E-state index contributed by atoms with van der Waals surface area (Å²) >= 11 is 1.04. The Bertz CT molecular complexity index is 625. The van der Waals surface area contributed by atoms with Crippen molar-refractivity contribution in [2.45, 2.75) is 11.8 Å². The molecule has 4 N–H and O–H groups in total. The van der Waals surface area contributed by atoms with Gasteiger partial charge in [0.2, 0.25) is 5.17 Å². The zero-order valence-corrected chi connectivity index (χ0v) is 10.4. The zero-order valence-electron chi connectivity index (χ0n) is 9.54. The maximum Gasteiger partial charge on any atom is 0.371 e. The van der Waals surface area contributed by atoms with Crippen LogP contribution in [0.4, 0.5) is 5.69 Å². The first-order chi connectivity index (χ1) is 8.55. The van der Waals surface area contributed by atoms with Crippen molar-refractivity contribution in [3.8, 4) is 0 Å². The van der Waals surface area contributed by atoms with Gasteiger partial charge in [-0.1, -0.05) is 17.2 Å². The Labute approximate surface area is 107 Å². The van der Waals surface area contributed by atoms with Gasteiger partial charge in [-0.2, -0.15) is 0 Å². The highest BCUT2D eigenvalue weighted by Crippen LogP contribution is 2.47. The Morgan fingerprint density at radius 1 is 1.56 bits per heavy atom. The van der Waals surface area contributed by atoms with E-state index in [2.05, 4.69) is 10.4 Å². The standard InChI is InChI=1S/C11H10N4O2S/c1-6-13-8-5-3-2-4-7(8)11(9(16)17)15(6)14-10(12)18-11/h2-5H,1H3,(H3,12,14,16,17)/p+1/t11-/m1/s1. The normalized spacial score (nSPS) is 25.1. The largest absolute Gasteiger partial charge is 0.477 e. The van der Waals surface area contributed by atoms with Crippen LogP contribution in [0, 0.1) is 0 Å². The lowest BCUT2D eigenvalue weighted by Gasteiger charge is -2.26. The number of amidine groups is 2. The van der Waals surface area contributed by atoms with Crippen LogP contribution in [-0.4, -0.2) is 26.8 Å². The molecule has 1 atom stereocenters. The summed E-state index contributed by atoms with van der Waals surface area (Å²) in [6.07, 6.45) is 0. The summed E-state index contributed by atoms with van der Waals surface area (Å²) in [7, 11) is 0. The number of fused-ring (bicyclic) bond motifs is 3. The predicted octanol–water partition coefficient (Wildman–Crippen LogP) is 0.757. The number of hydrogen-bond donors (Lipinski definition) is 3. The van der Waals surface area contributed by atoms with Crippen LogP contribution in [0.5, 0.6) is 0 Å². The zero-order chi connectivity index (χ0) is 12.9. The van der Waals surface area contributed by atoms with Crippen LogP contribution < -0.4 is 11.1 Å². The molecule has 0 aliphatic carbocycles. The molecule has 2 heterocycles. The Morgan fingerprint density at radius 2 is 2.28 bits per heavy atom. The molecular weight excluding hydrogens is 252 g/mol. The van der Waals surface area contributed by atoms with Crippen molar-refractivity contribution in [2.24, 2.45) is 10.8 Å². The number of rotatable bonds is 1. The number of hydrazone groups is 1. The summed E-state index contributed by atoms with van der Waals surface area (Å²) < 4.78 is 1.43. The van der Waals surface area contributed by atoms with E-state index in [-0.39, 0.29) is 5.17 Å². The number of para-hydroxylation sites is 1. The van der Waals surface area contributed by atoms with E-state index in [1.54, 1.807) is 19.1 Å². The SMILES string of the molecule is CC1=[N+]2N=C(N)S[C@@]2(C(=O)O)c2ccccc2N1. The number of thioether (sulfide) groups is 1. The number of benzene rings is 1. The number of aliphatic carboxylic acids is 1. The van der Waals surface area contributed by atoms with Gasteiger partial charge in [-0.15, -0.1) is 4.68 Å². The number of nitrogens with one attached hydrogen (secondary N) is 1. The first-order valence-corrected chi connectivity index (χ1v) is 6.14. The van der Waals surface area contributed by atoms with Crippen molar-refractivity contribution < 1.29 is 14.6 Å². The van der Waals surface area contributed by atoms with Crippen LogP contribution in [-0.2, 0) is 9.67 Å². The maximum atomic E-state index is 11.8. The number of carboxylic acids is 1. The molecule has 0 fully saturated rings. The molecule has 0 radical (unpaired) electrons. The Balaban J connectivity index is 2.33. The second-order valence-electron chi connectivity index (χ2n) is 4.06. The summed E-state index contributed by atoms with van der Waals surface area (Å²) in [5, 5.41) is 17.1. The molecule has 92 valence electrons. The van der Waals surface area contributed by atoms with Gasteiger partial charge in [-0.25, -0.2) is 10.1 Å². The van der Waals surface area contributed by atoms with Gasteiger partial charge in [0.15, 0.2) is 0 Å². The third-order valence-electron chi connectivity index (χ3n) is 2.96. The number of carboxylic acid groups (broad SMARTS) is 1. The van der Waals surface area contributed by atoms with Crippen LogP contribution in [0.1, 0.15) is 12.5 Å². The fraction of sp³-hybridized carbons (Fsp3) is 0.182. The smallest absolute Gasteiger partial charge is 0.371 e.